The van der Waals surface area contributed by atoms with E-state index in [1.165, 1.54) is 0 Å². The second-order valence-electron chi connectivity index (χ2n) is 5.40. The average molecular weight is 433 g/mol. The number of anilines is 1. The van der Waals surface area contributed by atoms with Crippen LogP contribution in [0.4, 0.5) is 5.69 Å². The van der Waals surface area contributed by atoms with Crippen LogP contribution in [0, 0.1) is 0 Å². The van der Waals surface area contributed by atoms with Crippen LogP contribution in [-0.4, -0.2) is 68.7 Å². The van der Waals surface area contributed by atoms with Gasteiger partial charge in [0.05, 0.1) is 13.7 Å². The highest BCUT2D eigenvalue weighted by molar-refractivity contribution is 14.0. The summed E-state index contributed by atoms with van der Waals surface area (Å²) in [5.74, 6) is 1.28. The number of benzene rings is 1. The fourth-order valence-corrected chi connectivity index (χ4v) is 2.50. The van der Waals surface area contributed by atoms with E-state index in [0.717, 1.165) is 57.3 Å². The van der Waals surface area contributed by atoms with Crippen molar-refractivity contribution in [3.63, 3.8) is 0 Å². The molecule has 1 heterocycles. The number of methoxy groups -OCH3 is 1. The van der Waals surface area contributed by atoms with E-state index in [0.29, 0.717) is 5.96 Å². The molecule has 23 heavy (non-hydrogen) atoms. The Labute approximate surface area is 156 Å². The van der Waals surface area contributed by atoms with Crippen LogP contribution >= 0.6 is 24.0 Å². The predicted molar refractivity (Wildman–Crippen MR) is 107 cm³/mol. The van der Waals surface area contributed by atoms with Crippen LogP contribution in [0.2, 0.25) is 0 Å². The van der Waals surface area contributed by atoms with Crippen molar-refractivity contribution in [3.05, 3.63) is 24.3 Å². The molecular weight excluding hydrogens is 405 g/mol. The highest BCUT2D eigenvalue weighted by Crippen LogP contribution is 2.14. The van der Waals surface area contributed by atoms with Crippen molar-refractivity contribution >= 4 is 35.6 Å². The lowest BCUT2D eigenvalue weighted by molar-refractivity contribution is 0.140. The van der Waals surface area contributed by atoms with Gasteiger partial charge in [-0.1, -0.05) is 6.92 Å². The van der Waals surface area contributed by atoms with Crippen LogP contribution in [0.15, 0.2) is 29.3 Å². The third-order valence-electron chi connectivity index (χ3n) is 3.97. The molecule has 0 unspecified atom stereocenters. The molecule has 2 rings (SSSR count). The maximum Gasteiger partial charge on any atom is 0.193 e. The van der Waals surface area contributed by atoms with E-state index < -0.39 is 0 Å². The first-order valence-corrected chi connectivity index (χ1v) is 7.87. The maximum absolute atomic E-state index is 5.92. The third kappa shape index (κ3) is 6.92. The summed E-state index contributed by atoms with van der Waals surface area (Å²) in [5, 5.41) is 3.09. The molecule has 3 N–H and O–H groups in total. The van der Waals surface area contributed by atoms with E-state index in [1.54, 1.807) is 7.11 Å². The van der Waals surface area contributed by atoms with Gasteiger partial charge in [0, 0.05) is 38.4 Å². The molecule has 1 fully saturated rings. The van der Waals surface area contributed by atoms with Crippen molar-refractivity contribution in [1.82, 2.24) is 9.80 Å². The van der Waals surface area contributed by atoms with Crippen LogP contribution in [0.25, 0.3) is 0 Å². The van der Waals surface area contributed by atoms with Gasteiger partial charge >= 0.3 is 0 Å². The fraction of sp³-hybridized carbons (Fsp3) is 0.562. The number of ether oxygens (including phenoxy) is 1. The molecule has 7 heteroatoms. The van der Waals surface area contributed by atoms with E-state index in [-0.39, 0.29) is 24.0 Å². The Morgan fingerprint density at radius 2 is 1.78 bits per heavy atom. The largest absolute Gasteiger partial charge is 0.497 e. The van der Waals surface area contributed by atoms with Crippen molar-refractivity contribution in [2.75, 3.05) is 58.2 Å². The van der Waals surface area contributed by atoms with Gasteiger partial charge in [-0.2, -0.15) is 0 Å². The summed E-state index contributed by atoms with van der Waals surface area (Å²) in [5.41, 5.74) is 6.83. The van der Waals surface area contributed by atoms with Crippen LogP contribution < -0.4 is 15.8 Å². The molecule has 1 aliphatic heterocycles. The third-order valence-corrected chi connectivity index (χ3v) is 3.97. The minimum Gasteiger partial charge on any atom is -0.497 e. The van der Waals surface area contributed by atoms with Crippen molar-refractivity contribution in [2.24, 2.45) is 10.7 Å². The SMILES string of the molecule is CCN1CCN(CCN=C(N)Nc2ccc(OC)cc2)CC1.I. The number of rotatable bonds is 6. The van der Waals surface area contributed by atoms with Crippen LogP contribution in [0.3, 0.4) is 0 Å². The number of guanidine groups is 1. The van der Waals surface area contributed by atoms with Gasteiger partial charge in [-0.15, -0.1) is 24.0 Å². The molecule has 1 aromatic rings. The Morgan fingerprint density at radius 3 is 2.35 bits per heavy atom. The summed E-state index contributed by atoms with van der Waals surface area (Å²) in [7, 11) is 1.65. The quantitative estimate of drug-likeness (QED) is 0.406. The normalized spacial score (nSPS) is 16.7. The Morgan fingerprint density at radius 1 is 1.17 bits per heavy atom. The zero-order valence-corrected chi connectivity index (χ0v) is 16.3. The molecule has 1 aliphatic rings. The van der Waals surface area contributed by atoms with Gasteiger partial charge in [-0.3, -0.25) is 9.89 Å². The zero-order valence-electron chi connectivity index (χ0n) is 14.0. The molecular formula is C16H28IN5O. The first-order chi connectivity index (χ1) is 10.7. The molecule has 0 amide bonds. The molecule has 0 spiro atoms. The van der Waals surface area contributed by atoms with E-state index in [1.807, 2.05) is 24.3 Å². The smallest absolute Gasteiger partial charge is 0.193 e. The molecule has 1 aromatic carbocycles. The number of likely N-dealkylation sites (N-methyl/N-ethyl adjacent to an activating group) is 1. The van der Waals surface area contributed by atoms with E-state index >= 15 is 0 Å². The summed E-state index contributed by atoms with van der Waals surface area (Å²) < 4.78 is 5.12. The lowest BCUT2D eigenvalue weighted by Gasteiger charge is -2.33. The number of nitrogens with one attached hydrogen (secondary N) is 1. The van der Waals surface area contributed by atoms with Gasteiger partial charge in [-0.25, -0.2) is 0 Å². The second kappa shape index (κ2) is 10.7. The summed E-state index contributed by atoms with van der Waals surface area (Å²) in [6.07, 6.45) is 0. The monoisotopic (exact) mass is 433 g/mol. The Hall–Kier alpha value is -1.06. The Kier molecular flexibility index (Phi) is 9.27. The Bertz CT molecular complexity index is 472. The molecule has 6 nitrogen and oxygen atoms in total. The average Bonchev–Trinajstić information content (AvgIpc) is 2.56. The van der Waals surface area contributed by atoms with Crippen LogP contribution in [-0.2, 0) is 0 Å². The number of nitrogens with two attached hydrogens (primary N) is 1. The minimum atomic E-state index is 0. The van der Waals surface area contributed by atoms with Gasteiger partial charge in [0.25, 0.3) is 0 Å². The van der Waals surface area contributed by atoms with Crippen molar-refractivity contribution < 1.29 is 4.74 Å². The molecule has 0 aromatic heterocycles. The summed E-state index contributed by atoms with van der Waals surface area (Å²) in [4.78, 5) is 9.30. The predicted octanol–water partition coefficient (Wildman–Crippen LogP) is 1.68. The first kappa shape index (κ1) is 20.0. The molecule has 0 bridgehead atoms. The standard InChI is InChI=1S/C16H27N5O.HI/c1-3-20-10-12-21(13-11-20)9-8-18-16(17)19-14-4-6-15(22-2)7-5-14;/h4-7H,3,8-13H2,1-2H3,(H3,17,18,19);1H. The molecule has 0 saturated carbocycles. The minimum absolute atomic E-state index is 0. The highest BCUT2D eigenvalue weighted by Gasteiger charge is 2.14. The van der Waals surface area contributed by atoms with Crippen molar-refractivity contribution in [1.29, 1.82) is 0 Å². The van der Waals surface area contributed by atoms with Gasteiger partial charge in [0.2, 0.25) is 0 Å². The van der Waals surface area contributed by atoms with Gasteiger partial charge in [-0.05, 0) is 30.8 Å². The molecule has 0 radical (unpaired) electrons. The van der Waals surface area contributed by atoms with Gasteiger partial charge in [0.15, 0.2) is 5.96 Å². The van der Waals surface area contributed by atoms with Crippen LogP contribution in [0.5, 0.6) is 5.75 Å². The summed E-state index contributed by atoms with van der Waals surface area (Å²) in [6.45, 7) is 9.59. The fourth-order valence-electron chi connectivity index (χ4n) is 2.50. The van der Waals surface area contributed by atoms with Crippen molar-refractivity contribution in [2.45, 2.75) is 6.92 Å². The lowest BCUT2D eigenvalue weighted by atomic mass is 10.3. The lowest BCUT2D eigenvalue weighted by Crippen LogP contribution is -2.46. The number of hydrogen-bond acceptors (Lipinski definition) is 4. The van der Waals surface area contributed by atoms with Gasteiger partial charge < -0.3 is 20.7 Å². The number of aliphatic imine (C=N–C) groups is 1. The highest BCUT2D eigenvalue weighted by atomic mass is 127. The van der Waals surface area contributed by atoms with Gasteiger partial charge in [0.1, 0.15) is 5.75 Å². The topological polar surface area (TPSA) is 66.1 Å². The number of piperazine rings is 1. The number of nitrogens with zero attached hydrogens (tertiary/aromatic N) is 3. The van der Waals surface area contributed by atoms with E-state index in [2.05, 4.69) is 27.0 Å². The second-order valence-corrected chi connectivity index (χ2v) is 5.40. The van der Waals surface area contributed by atoms with E-state index in [9.17, 15) is 0 Å². The first-order valence-electron chi connectivity index (χ1n) is 7.87. The van der Waals surface area contributed by atoms with Crippen molar-refractivity contribution in [3.8, 4) is 5.75 Å². The van der Waals surface area contributed by atoms with Crippen LogP contribution in [0.1, 0.15) is 6.92 Å². The Balaban J connectivity index is 0.00000264. The number of halogens is 1. The summed E-state index contributed by atoms with van der Waals surface area (Å²) in [6, 6.07) is 7.63. The summed E-state index contributed by atoms with van der Waals surface area (Å²) >= 11 is 0. The zero-order chi connectivity index (χ0) is 15.8. The molecule has 0 atom stereocenters. The molecule has 130 valence electrons. The number of hydrogen-bond donors (Lipinski definition) is 2. The maximum atomic E-state index is 5.92. The molecule has 0 aliphatic carbocycles. The van der Waals surface area contributed by atoms with E-state index in [4.69, 9.17) is 10.5 Å². The molecule has 1 saturated heterocycles.